The summed E-state index contributed by atoms with van der Waals surface area (Å²) in [6.07, 6.45) is -4.74. The fourth-order valence-corrected chi connectivity index (χ4v) is 4.65. The molecule has 0 unspecified atom stereocenters. The lowest BCUT2D eigenvalue weighted by atomic mass is 9.98. The van der Waals surface area contributed by atoms with Crippen LogP contribution in [0.1, 0.15) is 45.9 Å². The Morgan fingerprint density at radius 1 is 0.929 bits per heavy atom. The molecule has 0 amide bonds. The van der Waals surface area contributed by atoms with Crippen molar-refractivity contribution >= 4 is 47.9 Å². The van der Waals surface area contributed by atoms with Gasteiger partial charge in [0.25, 0.3) is 0 Å². The summed E-state index contributed by atoms with van der Waals surface area (Å²) in [7, 11) is 0. The monoisotopic (exact) mass is 604 g/mol. The topological polar surface area (TPSA) is 173 Å². The highest BCUT2D eigenvalue weighted by Gasteiger charge is 2.53. The van der Waals surface area contributed by atoms with Crippen molar-refractivity contribution in [2.75, 3.05) is 6.61 Å². The van der Waals surface area contributed by atoms with Gasteiger partial charge >= 0.3 is 23.9 Å². The number of aromatic amines is 1. The van der Waals surface area contributed by atoms with Gasteiger partial charge in [-0.1, -0.05) is 12.1 Å². The van der Waals surface area contributed by atoms with E-state index in [2.05, 4.69) is 9.97 Å². The molecule has 13 nitrogen and oxygen atoms in total. The Balaban J connectivity index is 1.99. The fraction of sp³-hybridized carbons (Fsp3) is 0.429. The molecule has 0 saturated carbocycles. The van der Waals surface area contributed by atoms with Crippen LogP contribution in [0.25, 0.3) is 11.8 Å². The van der Waals surface area contributed by atoms with Crippen molar-refractivity contribution in [3.63, 3.8) is 0 Å². The third kappa shape index (κ3) is 8.60. The number of aromatic nitrogens is 2. The van der Waals surface area contributed by atoms with Gasteiger partial charge in [-0.05, 0) is 49.8 Å². The molecule has 2 heterocycles. The third-order valence-corrected chi connectivity index (χ3v) is 6.09. The van der Waals surface area contributed by atoms with E-state index in [9.17, 15) is 24.3 Å². The number of nitrogens with zero attached hydrogens (tertiary/aromatic N) is 1. The first-order valence-corrected chi connectivity index (χ1v) is 13.2. The number of carbonyl (C=O) groups excluding carboxylic acids is 4. The Kier molecular flexibility index (Phi) is 10.8. The lowest BCUT2D eigenvalue weighted by Crippen LogP contribution is -2.63. The van der Waals surface area contributed by atoms with Crippen molar-refractivity contribution in [2.45, 2.75) is 72.2 Å². The standard InChI is InChI=1S/C28H32N2O11S/c1-13-23(14(2)31)21(30-28(42)29-13)11-19-7-9-20(10-8-19)40-27-26(39-18(6)35)25(38-17(5)34)24(37-16(4)33)22(41-27)12-36-15(3)32/h7-11,22,24-27,31H,12H2,1-6H3,(H,30,42)/b21-11?,23-14+/t22-,24-,25-,26-,27-/m1/s1. The Hall–Kier alpha value is -4.30. The SMILES string of the molecule is CC(=O)OC[C@H]1O[C@@H](Oc2ccc(C=c3[nH]c(=S)nc(C)/c3=C(/C)O)cc2)[C@H](OC(C)=O)[C@H](OC(C)=O)[C@@H]1OC(C)=O. The van der Waals surface area contributed by atoms with E-state index in [-0.39, 0.29) is 22.9 Å². The summed E-state index contributed by atoms with van der Waals surface area (Å²) >= 11 is 5.18. The van der Waals surface area contributed by atoms with E-state index in [1.165, 1.54) is 6.92 Å². The molecule has 0 aliphatic carbocycles. The van der Waals surface area contributed by atoms with Crippen LogP contribution in [0.15, 0.2) is 24.3 Å². The minimum absolute atomic E-state index is 0.0705. The zero-order valence-electron chi connectivity index (χ0n) is 23.9. The second-order valence-corrected chi connectivity index (χ2v) is 9.79. The van der Waals surface area contributed by atoms with Crippen LogP contribution in [0, 0.1) is 11.7 Å². The molecule has 0 bridgehead atoms. The van der Waals surface area contributed by atoms with Gasteiger partial charge in [0, 0.05) is 27.7 Å². The molecule has 42 heavy (non-hydrogen) atoms. The molecular weight excluding hydrogens is 572 g/mol. The largest absolute Gasteiger partial charge is 0.512 e. The summed E-state index contributed by atoms with van der Waals surface area (Å²) < 4.78 is 33.5. The first-order chi connectivity index (χ1) is 19.7. The van der Waals surface area contributed by atoms with Crippen molar-refractivity contribution < 1.29 is 52.7 Å². The molecule has 3 rings (SSSR count). The van der Waals surface area contributed by atoms with Crippen LogP contribution in [-0.4, -0.2) is 76.3 Å². The summed E-state index contributed by atoms with van der Waals surface area (Å²) in [4.78, 5) is 54.6. The van der Waals surface area contributed by atoms with Crippen LogP contribution in [0.4, 0.5) is 0 Å². The molecule has 1 aromatic heterocycles. The van der Waals surface area contributed by atoms with E-state index in [1.807, 2.05) is 0 Å². The first kappa shape index (κ1) is 32.2. The highest BCUT2D eigenvalue weighted by atomic mass is 32.1. The maximum absolute atomic E-state index is 12.0. The lowest BCUT2D eigenvalue weighted by Gasteiger charge is -2.43. The molecule has 2 N–H and O–H groups in total. The minimum atomic E-state index is -1.36. The molecule has 1 aliphatic heterocycles. The van der Waals surface area contributed by atoms with Crippen LogP contribution in [0.2, 0.25) is 0 Å². The Bertz CT molecular complexity index is 1520. The zero-order chi connectivity index (χ0) is 31.1. The number of H-pyrrole nitrogens is 1. The number of esters is 4. The molecular formula is C28H32N2O11S. The maximum atomic E-state index is 12.0. The van der Waals surface area contributed by atoms with Gasteiger partial charge in [-0.2, -0.15) is 0 Å². The average Bonchev–Trinajstić information content (AvgIpc) is 2.86. The quantitative estimate of drug-likeness (QED) is 0.252. The van der Waals surface area contributed by atoms with Gasteiger partial charge in [0.1, 0.15) is 24.2 Å². The highest BCUT2D eigenvalue weighted by Crippen LogP contribution is 2.31. The summed E-state index contributed by atoms with van der Waals surface area (Å²) in [5, 5.41) is 11.2. The van der Waals surface area contributed by atoms with Gasteiger partial charge in [-0.15, -0.1) is 0 Å². The molecule has 226 valence electrons. The number of benzene rings is 1. The van der Waals surface area contributed by atoms with Crippen LogP contribution >= 0.6 is 12.2 Å². The molecule has 2 aromatic rings. The number of aliphatic hydroxyl groups excluding tert-OH is 1. The Morgan fingerprint density at radius 3 is 2.05 bits per heavy atom. The third-order valence-electron chi connectivity index (χ3n) is 5.90. The fourth-order valence-electron chi connectivity index (χ4n) is 4.40. The molecule has 0 radical (unpaired) electrons. The maximum Gasteiger partial charge on any atom is 0.303 e. The van der Waals surface area contributed by atoms with Crippen LogP contribution in [0.3, 0.4) is 0 Å². The van der Waals surface area contributed by atoms with Crippen molar-refractivity contribution in [1.29, 1.82) is 0 Å². The summed E-state index contributed by atoms with van der Waals surface area (Å²) in [6.45, 7) is 7.51. The number of ether oxygens (including phenoxy) is 6. The van der Waals surface area contributed by atoms with E-state index in [4.69, 9.17) is 40.6 Å². The first-order valence-electron chi connectivity index (χ1n) is 12.8. The van der Waals surface area contributed by atoms with Crippen molar-refractivity contribution in [3.05, 3.63) is 50.9 Å². The van der Waals surface area contributed by atoms with Gasteiger partial charge < -0.3 is 38.5 Å². The minimum Gasteiger partial charge on any atom is -0.512 e. The molecule has 0 spiro atoms. The van der Waals surface area contributed by atoms with Crippen molar-refractivity contribution in [3.8, 4) is 5.75 Å². The predicted octanol–water partition coefficient (Wildman–Crippen LogP) is 1.42. The normalized spacial score (nSPS) is 22.9. The number of nitrogens with one attached hydrogen (secondary N) is 1. The number of aliphatic hydroxyl groups is 1. The van der Waals surface area contributed by atoms with E-state index in [0.717, 1.165) is 20.8 Å². The molecule has 1 saturated heterocycles. The molecule has 1 fully saturated rings. The van der Waals surface area contributed by atoms with Crippen molar-refractivity contribution in [1.82, 2.24) is 9.97 Å². The number of hydrogen-bond acceptors (Lipinski definition) is 13. The highest BCUT2D eigenvalue weighted by molar-refractivity contribution is 7.71. The Morgan fingerprint density at radius 2 is 1.50 bits per heavy atom. The average molecular weight is 605 g/mol. The van der Waals surface area contributed by atoms with Gasteiger partial charge in [0.2, 0.25) is 12.4 Å². The van der Waals surface area contributed by atoms with Crippen molar-refractivity contribution in [2.24, 2.45) is 0 Å². The number of aryl methyl sites for hydroxylation is 1. The van der Waals surface area contributed by atoms with E-state index >= 15 is 0 Å². The second-order valence-electron chi connectivity index (χ2n) is 9.40. The summed E-state index contributed by atoms with van der Waals surface area (Å²) in [5.74, 6) is -2.50. The van der Waals surface area contributed by atoms with Crippen LogP contribution in [0.5, 0.6) is 5.75 Å². The van der Waals surface area contributed by atoms with Gasteiger partial charge in [-0.3, -0.25) is 19.2 Å². The van der Waals surface area contributed by atoms with E-state index in [0.29, 0.717) is 21.8 Å². The molecule has 1 aliphatic rings. The van der Waals surface area contributed by atoms with Crippen LogP contribution in [-0.2, 0) is 42.9 Å². The molecule has 14 heteroatoms. The van der Waals surface area contributed by atoms with E-state index in [1.54, 1.807) is 44.2 Å². The Labute approximate surface area is 246 Å². The number of hydrogen-bond donors (Lipinski definition) is 2. The van der Waals surface area contributed by atoms with E-state index < -0.39 is 54.6 Å². The summed E-state index contributed by atoms with van der Waals surface area (Å²) in [6, 6.07) is 6.64. The van der Waals surface area contributed by atoms with Gasteiger partial charge in [0.15, 0.2) is 17.0 Å². The predicted molar refractivity (Wildman–Crippen MR) is 148 cm³/mol. The lowest BCUT2D eigenvalue weighted by molar-refractivity contribution is -0.288. The number of carbonyl (C=O) groups is 4. The molecule has 1 aromatic carbocycles. The van der Waals surface area contributed by atoms with Gasteiger partial charge in [0.05, 0.1) is 16.3 Å². The van der Waals surface area contributed by atoms with Crippen LogP contribution < -0.4 is 15.3 Å². The van der Waals surface area contributed by atoms with Gasteiger partial charge in [-0.25, -0.2) is 4.98 Å². The summed E-state index contributed by atoms with van der Waals surface area (Å²) in [5.41, 5.74) is 1.27. The zero-order valence-corrected chi connectivity index (χ0v) is 24.7. The second kappa shape index (κ2) is 14.0. The molecule has 5 atom stereocenters. The smallest absolute Gasteiger partial charge is 0.303 e. The number of rotatable bonds is 8.